The lowest BCUT2D eigenvalue weighted by Crippen LogP contribution is -2.58. The number of primary amides is 1. The summed E-state index contributed by atoms with van der Waals surface area (Å²) in [5, 5.41) is 33.9. The summed E-state index contributed by atoms with van der Waals surface area (Å²) in [5.41, 5.74) is 11.0. The van der Waals surface area contributed by atoms with Gasteiger partial charge in [0.05, 0.1) is 12.9 Å². The number of rotatable bonds is 16. The van der Waals surface area contributed by atoms with Crippen molar-refractivity contribution in [2.75, 3.05) is 6.61 Å². The van der Waals surface area contributed by atoms with Crippen LogP contribution in [0.1, 0.15) is 31.4 Å². The first-order valence-corrected chi connectivity index (χ1v) is 10.4. The van der Waals surface area contributed by atoms with E-state index in [1.165, 1.54) is 12.5 Å². The van der Waals surface area contributed by atoms with Crippen LogP contribution in [-0.2, 0) is 35.2 Å². The molecule has 0 saturated heterocycles. The molecule has 35 heavy (non-hydrogen) atoms. The summed E-state index contributed by atoms with van der Waals surface area (Å²) in [7, 11) is 0. The number of amides is 4. The summed E-state index contributed by atoms with van der Waals surface area (Å²) in [6, 6.07) is -5.65. The third kappa shape index (κ3) is 10.6. The van der Waals surface area contributed by atoms with E-state index >= 15 is 0 Å². The summed E-state index contributed by atoms with van der Waals surface area (Å²) >= 11 is 0. The Kier molecular flexibility index (Phi) is 11.8. The number of aromatic nitrogens is 2. The lowest BCUT2D eigenvalue weighted by molar-refractivity contribution is -0.143. The Morgan fingerprint density at radius 3 is 2.00 bits per heavy atom. The fourth-order valence-corrected chi connectivity index (χ4v) is 2.81. The molecule has 0 aliphatic carbocycles. The number of aromatic amines is 1. The number of hydrogen-bond donors (Lipinski definition) is 9. The molecule has 0 saturated carbocycles. The van der Waals surface area contributed by atoms with E-state index in [-0.39, 0.29) is 19.3 Å². The van der Waals surface area contributed by atoms with Gasteiger partial charge >= 0.3 is 11.9 Å². The molecule has 0 radical (unpaired) electrons. The topological polar surface area (TPSA) is 280 Å². The molecule has 0 fully saturated rings. The van der Waals surface area contributed by atoms with Crippen molar-refractivity contribution in [3.05, 3.63) is 18.2 Å². The minimum absolute atomic E-state index is 0.115. The lowest BCUT2D eigenvalue weighted by Gasteiger charge is -2.24. The second-order valence-electron chi connectivity index (χ2n) is 7.53. The smallest absolute Gasteiger partial charge is 0.326 e. The second-order valence-corrected chi connectivity index (χ2v) is 7.53. The van der Waals surface area contributed by atoms with Crippen LogP contribution in [0.25, 0.3) is 0 Å². The summed E-state index contributed by atoms with van der Waals surface area (Å²) in [6.45, 7) is -0.694. The van der Waals surface area contributed by atoms with Crippen molar-refractivity contribution in [1.29, 1.82) is 0 Å². The third-order valence-electron chi connectivity index (χ3n) is 4.72. The van der Waals surface area contributed by atoms with Gasteiger partial charge < -0.3 is 47.7 Å². The fourth-order valence-electron chi connectivity index (χ4n) is 2.81. The van der Waals surface area contributed by atoms with Crippen LogP contribution < -0.4 is 27.4 Å². The first-order valence-electron chi connectivity index (χ1n) is 10.4. The van der Waals surface area contributed by atoms with Gasteiger partial charge in [-0.3, -0.25) is 24.0 Å². The van der Waals surface area contributed by atoms with E-state index in [1.54, 1.807) is 0 Å². The number of imidazole rings is 1. The monoisotopic (exact) mass is 499 g/mol. The number of carboxylic acid groups (broad SMARTS) is 2. The number of nitrogens with zero attached hydrogens (tertiary/aromatic N) is 1. The van der Waals surface area contributed by atoms with Gasteiger partial charge in [-0.1, -0.05) is 0 Å². The molecule has 1 aromatic heterocycles. The van der Waals surface area contributed by atoms with E-state index in [4.69, 9.17) is 21.7 Å². The zero-order chi connectivity index (χ0) is 26.5. The number of nitrogens with two attached hydrogens (primary N) is 2. The molecule has 1 aromatic rings. The van der Waals surface area contributed by atoms with Gasteiger partial charge in [0.25, 0.3) is 0 Å². The third-order valence-corrected chi connectivity index (χ3v) is 4.72. The number of aliphatic carboxylic acids is 2. The molecule has 4 unspecified atom stereocenters. The first kappa shape index (κ1) is 29.0. The Balaban J connectivity index is 3.05. The number of carboxylic acids is 2. The number of H-pyrrole nitrogens is 1. The van der Waals surface area contributed by atoms with Crippen LogP contribution in [0.2, 0.25) is 0 Å². The predicted molar refractivity (Wildman–Crippen MR) is 116 cm³/mol. The Hall–Kier alpha value is -4.05. The Labute approximate surface area is 198 Å². The van der Waals surface area contributed by atoms with Gasteiger partial charge in [-0.2, -0.15) is 0 Å². The molecule has 16 heteroatoms. The minimum atomic E-state index is -1.57. The summed E-state index contributed by atoms with van der Waals surface area (Å²) in [6.07, 6.45) is 0.977. The van der Waals surface area contributed by atoms with Crippen LogP contribution >= 0.6 is 0 Å². The molecule has 0 aliphatic heterocycles. The van der Waals surface area contributed by atoms with Gasteiger partial charge in [0, 0.05) is 31.2 Å². The van der Waals surface area contributed by atoms with Crippen molar-refractivity contribution in [2.45, 2.75) is 56.3 Å². The van der Waals surface area contributed by atoms with E-state index < -0.39 is 79.2 Å². The summed E-state index contributed by atoms with van der Waals surface area (Å²) in [4.78, 5) is 77.8. The van der Waals surface area contributed by atoms with Crippen molar-refractivity contribution in [3.63, 3.8) is 0 Å². The molecule has 0 bridgehead atoms. The number of nitrogens with one attached hydrogen (secondary N) is 4. The van der Waals surface area contributed by atoms with Gasteiger partial charge in [0.2, 0.25) is 23.6 Å². The van der Waals surface area contributed by atoms with Crippen LogP contribution in [0.4, 0.5) is 0 Å². The fraction of sp³-hybridized carbons (Fsp3) is 0.526. The van der Waals surface area contributed by atoms with Crippen molar-refractivity contribution < 1.29 is 44.1 Å². The van der Waals surface area contributed by atoms with E-state index in [0.29, 0.717) is 5.69 Å². The van der Waals surface area contributed by atoms with Crippen molar-refractivity contribution >= 4 is 35.6 Å². The number of carbonyl (C=O) groups excluding carboxylic acids is 4. The highest BCUT2D eigenvalue weighted by atomic mass is 16.4. The Morgan fingerprint density at radius 2 is 1.49 bits per heavy atom. The van der Waals surface area contributed by atoms with E-state index in [9.17, 15) is 33.9 Å². The molecule has 11 N–H and O–H groups in total. The summed E-state index contributed by atoms with van der Waals surface area (Å²) in [5.74, 6) is -6.32. The molecular weight excluding hydrogens is 470 g/mol. The van der Waals surface area contributed by atoms with E-state index in [0.717, 1.165) is 0 Å². The highest BCUT2D eigenvalue weighted by molar-refractivity contribution is 5.94. The maximum Gasteiger partial charge on any atom is 0.326 e. The van der Waals surface area contributed by atoms with Gasteiger partial charge in [0.1, 0.15) is 24.2 Å². The molecule has 194 valence electrons. The van der Waals surface area contributed by atoms with Gasteiger partial charge in [0.15, 0.2) is 0 Å². The average molecular weight is 499 g/mol. The normalized spacial score (nSPS) is 14.1. The van der Waals surface area contributed by atoms with Crippen LogP contribution in [0.15, 0.2) is 12.5 Å². The number of aliphatic hydroxyl groups is 1. The average Bonchev–Trinajstić information content (AvgIpc) is 3.30. The minimum Gasteiger partial charge on any atom is -0.481 e. The number of aliphatic hydroxyl groups excluding tert-OH is 1. The highest BCUT2D eigenvalue weighted by Gasteiger charge is 2.31. The van der Waals surface area contributed by atoms with E-state index in [2.05, 4.69) is 25.9 Å². The molecule has 4 atom stereocenters. The molecule has 0 spiro atoms. The molecule has 4 amide bonds. The quantitative estimate of drug-likeness (QED) is 0.105. The lowest BCUT2D eigenvalue weighted by atomic mass is 10.1. The van der Waals surface area contributed by atoms with Gasteiger partial charge in [-0.15, -0.1) is 0 Å². The molecule has 0 aliphatic rings. The SMILES string of the molecule is NC(=O)CCC(NC(=O)C(Cc1cnc[nH]1)NC(=O)C(N)CO)C(=O)NC(CCC(=O)O)C(=O)O. The molecule has 16 nitrogen and oxygen atoms in total. The van der Waals surface area contributed by atoms with Crippen molar-refractivity contribution in [3.8, 4) is 0 Å². The molecule has 0 aromatic carbocycles. The van der Waals surface area contributed by atoms with Crippen molar-refractivity contribution in [1.82, 2.24) is 25.9 Å². The zero-order valence-corrected chi connectivity index (χ0v) is 18.6. The Bertz CT molecular complexity index is 906. The number of hydrogen-bond acceptors (Lipinski definition) is 9. The van der Waals surface area contributed by atoms with Crippen molar-refractivity contribution in [2.24, 2.45) is 11.5 Å². The Morgan fingerprint density at radius 1 is 0.914 bits per heavy atom. The largest absolute Gasteiger partial charge is 0.481 e. The number of carbonyl (C=O) groups is 6. The van der Waals surface area contributed by atoms with Crippen LogP contribution in [0.5, 0.6) is 0 Å². The maximum atomic E-state index is 13.0. The first-order chi connectivity index (χ1) is 16.4. The molecular formula is C19H29N7O9. The van der Waals surface area contributed by atoms with E-state index in [1.807, 2.05) is 0 Å². The van der Waals surface area contributed by atoms with Gasteiger partial charge in [-0.25, -0.2) is 9.78 Å². The van der Waals surface area contributed by atoms with Crippen LogP contribution in [0.3, 0.4) is 0 Å². The molecule has 1 heterocycles. The standard InChI is InChI=1S/C19H29N7O9/c20-10(7-27)16(31)26-13(5-9-6-22-8-23-9)18(33)24-11(1-3-14(21)28)17(32)25-12(19(34)35)2-4-15(29)30/h6,8,10-13,27H,1-5,7,20H2,(H2,21,28)(H,22,23)(H,24,33)(H,25,32)(H,26,31)(H,29,30)(H,34,35). The zero-order valence-electron chi connectivity index (χ0n) is 18.6. The maximum absolute atomic E-state index is 13.0. The van der Waals surface area contributed by atoms with Gasteiger partial charge in [-0.05, 0) is 12.8 Å². The second kappa shape index (κ2) is 14.3. The van der Waals surface area contributed by atoms with Crippen LogP contribution in [-0.4, -0.2) is 91.6 Å². The summed E-state index contributed by atoms with van der Waals surface area (Å²) < 4.78 is 0. The highest BCUT2D eigenvalue weighted by Crippen LogP contribution is 2.05. The van der Waals surface area contributed by atoms with Crippen LogP contribution in [0, 0.1) is 0 Å². The predicted octanol–water partition coefficient (Wildman–Crippen LogP) is -4.06. The molecule has 1 rings (SSSR count).